The Hall–Kier alpha value is -2.08. The molecule has 122 valence electrons. The summed E-state index contributed by atoms with van der Waals surface area (Å²) in [6.45, 7) is 3.97. The van der Waals surface area contributed by atoms with Crippen LogP contribution < -0.4 is 10.1 Å². The summed E-state index contributed by atoms with van der Waals surface area (Å²) in [5.41, 5.74) is 0.902. The summed E-state index contributed by atoms with van der Waals surface area (Å²) >= 11 is 0. The van der Waals surface area contributed by atoms with Crippen molar-refractivity contribution in [1.82, 2.24) is 10.2 Å². The van der Waals surface area contributed by atoms with E-state index in [1.807, 2.05) is 31.2 Å². The SMILES string of the molecule is COc1ccccc1C(C)NC(=O)C(C)N(C)CCC(=O)O. The van der Waals surface area contributed by atoms with Gasteiger partial charge in [0.2, 0.25) is 5.91 Å². The van der Waals surface area contributed by atoms with Crippen molar-refractivity contribution in [2.75, 3.05) is 20.7 Å². The molecule has 6 heteroatoms. The van der Waals surface area contributed by atoms with Gasteiger partial charge in [-0.1, -0.05) is 18.2 Å². The summed E-state index contributed by atoms with van der Waals surface area (Å²) in [5.74, 6) is -0.296. The number of carbonyl (C=O) groups is 2. The molecule has 2 N–H and O–H groups in total. The highest BCUT2D eigenvalue weighted by molar-refractivity contribution is 5.81. The van der Waals surface area contributed by atoms with Gasteiger partial charge in [-0.25, -0.2) is 0 Å². The number of benzene rings is 1. The molecule has 0 spiro atoms. The lowest BCUT2D eigenvalue weighted by Gasteiger charge is -2.25. The predicted octanol–water partition coefficient (Wildman–Crippen LogP) is 1.67. The molecule has 6 nitrogen and oxygen atoms in total. The van der Waals surface area contributed by atoms with Crippen molar-refractivity contribution >= 4 is 11.9 Å². The molecule has 22 heavy (non-hydrogen) atoms. The van der Waals surface area contributed by atoms with Crippen LogP contribution in [0.1, 0.15) is 31.9 Å². The Kier molecular flexibility index (Phi) is 6.85. The van der Waals surface area contributed by atoms with Crippen LogP contribution in [-0.2, 0) is 9.59 Å². The molecule has 0 radical (unpaired) electrons. The standard InChI is InChI=1S/C16H24N2O4/c1-11(13-7-5-6-8-14(13)22-4)17-16(21)12(2)18(3)10-9-15(19)20/h5-8,11-12H,9-10H2,1-4H3,(H,17,21)(H,19,20). The van der Waals surface area contributed by atoms with E-state index in [0.717, 1.165) is 11.3 Å². The van der Waals surface area contributed by atoms with Crippen molar-refractivity contribution in [3.05, 3.63) is 29.8 Å². The maximum absolute atomic E-state index is 12.3. The van der Waals surface area contributed by atoms with Gasteiger partial charge >= 0.3 is 5.97 Å². The van der Waals surface area contributed by atoms with E-state index >= 15 is 0 Å². The zero-order valence-corrected chi connectivity index (χ0v) is 13.5. The lowest BCUT2D eigenvalue weighted by molar-refractivity contribution is -0.138. The molecule has 0 saturated carbocycles. The number of likely N-dealkylation sites (N-methyl/N-ethyl adjacent to an activating group) is 1. The second-order valence-corrected chi connectivity index (χ2v) is 5.27. The summed E-state index contributed by atoms with van der Waals surface area (Å²) < 4.78 is 5.29. The molecule has 1 aromatic rings. The Morgan fingerprint density at radius 1 is 1.32 bits per heavy atom. The van der Waals surface area contributed by atoms with E-state index in [4.69, 9.17) is 9.84 Å². The highest BCUT2D eigenvalue weighted by Gasteiger charge is 2.21. The predicted molar refractivity (Wildman–Crippen MR) is 83.9 cm³/mol. The number of hydrogen-bond acceptors (Lipinski definition) is 4. The Balaban J connectivity index is 2.65. The highest BCUT2D eigenvalue weighted by Crippen LogP contribution is 2.24. The van der Waals surface area contributed by atoms with Gasteiger partial charge in [0.25, 0.3) is 0 Å². The van der Waals surface area contributed by atoms with Crippen LogP contribution in [0.15, 0.2) is 24.3 Å². The fraction of sp³-hybridized carbons (Fsp3) is 0.500. The quantitative estimate of drug-likeness (QED) is 0.763. The minimum Gasteiger partial charge on any atom is -0.496 e. The molecular formula is C16H24N2O4. The number of carboxylic acid groups (broad SMARTS) is 1. The van der Waals surface area contributed by atoms with Gasteiger partial charge < -0.3 is 15.2 Å². The monoisotopic (exact) mass is 308 g/mol. The summed E-state index contributed by atoms with van der Waals surface area (Å²) in [6.07, 6.45) is 0.0101. The summed E-state index contributed by atoms with van der Waals surface area (Å²) in [4.78, 5) is 24.6. The zero-order chi connectivity index (χ0) is 16.7. The third kappa shape index (κ3) is 5.04. The fourth-order valence-corrected chi connectivity index (χ4v) is 2.10. The Labute approximate surface area is 131 Å². The van der Waals surface area contributed by atoms with Crippen molar-refractivity contribution < 1.29 is 19.4 Å². The molecule has 0 aliphatic carbocycles. The van der Waals surface area contributed by atoms with Crippen LogP contribution in [-0.4, -0.2) is 48.6 Å². The molecular weight excluding hydrogens is 284 g/mol. The fourth-order valence-electron chi connectivity index (χ4n) is 2.10. The van der Waals surface area contributed by atoms with Gasteiger partial charge in [0.05, 0.1) is 25.6 Å². The topological polar surface area (TPSA) is 78.9 Å². The average Bonchev–Trinajstić information content (AvgIpc) is 2.51. The van der Waals surface area contributed by atoms with Crippen LogP contribution in [0.5, 0.6) is 5.75 Å². The number of methoxy groups -OCH3 is 1. The van der Waals surface area contributed by atoms with Crippen molar-refractivity contribution in [3.8, 4) is 5.75 Å². The van der Waals surface area contributed by atoms with E-state index in [1.165, 1.54) is 0 Å². The molecule has 0 saturated heterocycles. The first-order chi connectivity index (χ1) is 10.4. The number of nitrogens with one attached hydrogen (secondary N) is 1. The summed E-state index contributed by atoms with van der Waals surface area (Å²) in [5, 5.41) is 11.6. The number of rotatable bonds is 8. The van der Waals surface area contributed by atoms with Crippen LogP contribution in [0.2, 0.25) is 0 Å². The van der Waals surface area contributed by atoms with Crippen LogP contribution in [0.25, 0.3) is 0 Å². The average molecular weight is 308 g/mol. The molecule has 1 rings (SSSR count). The van der Waals surface area contributed by atoms with Crippen LogP contribution >= 0.6 is 0 Å². The first-order valence-corrected chi connectivity index (χ1v) is 7.22. The second-order valence-electron chi connectivity index (χ2n) is 5.27. The Morgan fingerprint density at radius 3 is 2.55 bits per heavy atom. The Morgan fingerprint density at radius 2 is 1.95 bits per heavy atom. The number of amides is 1. The molecule has 2 atom stereocenters. The van der Waals surface area contributed by atoms with E-state index in [-0.39, 0.29) is 18.4 Å². The van der Waals surface area contributed by atoms with Crippen molar-refractivity contribution in [3.63, 3.8) is 0 Å². The first-order valence-electron chi connectivity index (χ1n) is 7.22. The third-order valence-electron chi connectivity index (χ3n) is 3.68. The molecule has 1 aromatic carbocycles. The number of carboxylic acids is 1. The van der Waals surface area contributed by atoms with E-state index in [2.05, 4.69) is 5.32 Å². The van der Waals surface area contributed by atoms with Gasteiger partial charge in [-0.05, 0) is 27.0 Å². The molecule has 0 aliphatic rings. The molecule has 0 bridgehead atoms. The molecule has 2 unspecified atom stereocenters. The third-order valence-corrected chi connectivity index (χ3v) is 3.68. The number of ether oxygens (including phenoxy) is 1. The molecule has 0 aromatic heterocycles. The number of aliphatic carboxylic acids is 1. The van der Waals surface area contributed by atoms with Crippen molar-refractivity contribution in [1.29, 1.82) is 0 Å². The highest BCUT2D eigenvalue weighted by atomic mass is 16.5. The maximum Gasteiger partial charge on any atom is 0.304 e. The van der Waals surface area contributed by atoms with Gasteiger partial charge in [-0.2, -0.15) is 0 Å². The molecule has 0 aliphatic heterocycles. The summed E-state index contributed by atoms with van der Waals surface area (Å²) in [7, 11) is 3.33. The van der Waals surface area contributed by atoms with Gasteiger partial charge in [-0.3, -0.25) is 14.5 Å². The maximum atomic E-state index is 12.3. The van der Waals surface area contributed by atoms with Crippen LogP contribution in [0.4, 0.5) is 0 Å². The number of para-hydroxylation sites is 1. The molecule has 0 heterocycles. The number of hydrogen-bond donors (Lipinski definition) is 2. The number of carbonyl (C=O) groups excluding carboxylic acids is 1. The Bertz CT molecular complexity index is 519. The normalized spacial score (nSPS) is 13.5. The largest absolute Gasteiger partial charge is 0.496 e. The van der Waals surface area contributed by atoms with E-state index in [0.29, 0.717) is 6.54 Å². The second kappa shape index (κ2) is 8.38. The minimum atomic E-state index is -0.873. The lowest BCUT2D eigenvalue weighted by Crippen LogP contribution is -2.44. The minimum absolute atomic E-state index is 0.0101. The van der Waals surface area contributed by atoms with E-state index in [9.17, 15) is 9.59 Å². The summed E-state index contributed by atoms with van der Waals surface area (Å²) in [6, 6.07) is 6.92. The van der Waals surface area contributed by atoms with E-state index in [1.54, 1.807) is 26.0 Å². The van der Waals surface area contributed by atoms with Gasteiger partial charge in [0.1, 0.15) is 5.75 Å². The molecule has 0 fully saturated rings. The lowest BCUT2D eigenvalue weighted by atomic mass is 10.1. The van der Waals surface area contributed by atoms with Crippen LogP contribution in [0, 0.1) is 0 Å². The first kappa shape index (κ1) is 18.0. The van der Waals surface area contributed by atoms with Gasteiger partial charge in [-0.15, -0.1) is 0 Å². The van der Waals surface area contributed by atoms with E-state index < -0.39 is 12.0 Å². The smallest absolute Gasteiger partial charge is 0.304 e. The van der Waals surface area contributed by atoms with Gasteiger partial charge in [0.15, 0.2) is 0 Å². The zero-order valence-electron chi connectivity index (χ0n) is 13.5. The van der Waals surface area contributed by atoms with Gasteiger partial charge in [0, 0.05) is 12.1 Å². The van der Waals surface area contributed by atoms with Crippen LogP contribution in [0.3, 0.4) is 0 Å². The van der Waals surface area contributed by atoms with Crippen molar-refractivity contribution in [2.24, 2.45) is 0 Å². The van der Waals surface area contributed by atoms with Crippen molar-refractivity contribution in [2.45, 2.75) is 32.4 Å². The molecule has 1 amide bonds. The number of nitrogens with zero attached hydrogens (tertiary/aromatic N) is 1.